The lowest BCUT2D eigenvalue weighted by Gasteiger charge is -2.23. The van der Waals surface area contributed by atoms with Crippen molar-refractivity contribution in [2.24, 2.45) is 0 Å². The van der Waals surface area contributed by atoms with E-state index >= 15 is 0 Å². The van der Waals surface area contributed by atoms with E-state index in [4.69, 9.17) is 9.47 Å². The standard InChI is InChI=1S/C21H37NO4/c1-6-9-10-11-12-13-14-15-22(16-18(4)20(23)25-7-2)17-19(5)21(24)26-8-3/h4-17H2,1-3H3. The van der Waals surface area contributed by atoms with Crippen LogP contribution >= 0.6 is 0 Å². The van der Waals surface area contributed by atoms with Crippen LogP contribution in [-0.2, 0) is 19.1 Å². The molecule has 0 N–H and O–H groups in total. The van der Waals surface area contributed by atoms with Crippen LogP contribution in [0.15, 0.2) is 24.3 Å². The van der Waals surface area contributed by atoms with Gasteiger partial charge in [-0.05, 0) is 26.8 Å². The fourth-order valence-corrected chi connectivity index (χ4v) is 2.64. The Morgan fingerprint density at radius 3 is 1.58 bits per heavy atom. The molecule has 0 radical (unpaired) electrons. The Balaban J connectivity index is 4.48. The van der Waals surface area contributed by atoms with Gasteiger partial charge in [0, 0.05) is 24.2 Å². The van der Waals surface area contributed by atoms with Crippen molar-refractivity contribution in [1.29, 1.82) is 0 Å². The topological polar surface area (TPSA) is 55.8 Å². The van der Waals surface area contributed by atoms with Gasteiger partial charge in [-0.15, -0.1) is 0 Å². The first-order chi connectivity index (χ1) is 12.5. The summed E-state index contributed by atoms with van der Waals surface area (Å²) < 4.78 is 9.99. The average molecular weight is 368 g/mol. The molecule has 26 heavy (non-hydrogen) atoms. The monoisotopic (exact) mass is 367 g/mol. The zero-order valence-electron chi connectivity index (χ0n) is 17.0. The van der Waals surface area contributed by atoms with Crippen LogP contribution in [0.3, 0.4) is 0 Å². The maximum Gasteiger partial charge on any atom is 0.334 e. The van der Waals surface area contributed by atoms with E-state index in [1.54, 1.807) is 13.8 Å². The molecule has 0 saturated heterocycles. The van der Waals surface area contributed by atoms with Gasteiger partial charge in [0.05, 0.1) is 13.2 Å². The molecule has 0 bridgehead atoms. The van der Waals surface area contributed by atoms with Crippen molar-refractivity contribution in [3.05, 3.63) is 24.3 Å². The van der Waals surface area contributed by atoms with Crippen LogP contribution in [0.5, 0.6) is 0 Å². The van der Waals surface area contributed by atoms with Crippen molar-refractivity contribution in [1.82, 2.24) is 4.90 Å². The lowest BCUT2D eigenvalue weighted by Crippen LogP contribution is -2.33. The van der Waals surface area contributed by atoms with Gasteiger partial charge in [-0.3, -0.25) is 4.90 Å². The van der Waals surface area contributed by atoms with Gasteiger partial charge in [0.25, 0.3) is 0 Å². The molecular formula is C21H37NO4. The minimum Gasteiger partial charge on any atom is -0.463 e. The second kappa shape index (κ2) is 15.6. The van der Waals surface area contributed by atoms with E-state index in [0.29, 0.717) is 37.4 Å². The quantitative estimate of drug-likeness (QED) is 0.231. The van der Waals surface area contributed by atoms with Crippen molar-refractivity contribution in [2.75, 3.05) is 32.8 Å². The first kappa shape index (κ1) is 24.4. The summed E-state index contributed by atoms with van der Waals surface area (Å²) in [6.07, 6.45) is 8.46. The molecular weight excluding hydrogens is 330 g/mol. The van der Waals surface area contributed by atoms with Gasteiger partial charge in [-0.25, -0.2) is 9.59 Å². The summed E-state index contributed by atoms with van der Waals surface area (Å²) >= 11 is 0. The molecule has 0 aromatic carbocycles. The largest absolute Gasteiger partial charge is 0.463 e. The number of esters is 2. The molecule has 0 unspecified atom stereocenters. The number of rotatable bonds is 16. The van der Waals surface area contributed by atoms with Gasteiger partial charge in [0.1, 0.15) is 0 Å². The highest BCUT2D eigenvalue weighted by molar-refractivity contribution is 5.89. The minimum absolute atomic E-state index is 0.325. The summed E-state index contributed by atoms with van der Waals surface area (Å²) in [5.74, 6) is -0.780. The highest BCUT2D eigenvalue weighted by atomic mass is 16.5. The van der Waals surface area contributed by atoms with Gasteiger partial charge < -0.3 is 9.47 Å². The Bertz CT molecular complexity index is 413. The van der Waals surface area contributed by atoms with Crippen LogP contribution in [-0.4, -0.2) is 49.7 Å². The molecule has 5 nitrogen and oxygen atoms in total. The van der Waals surface area contributed by atoms with Crippen LogP contribution in [0.1, 0.15) is 65.7 Å². The fraction of sp³-hybridized carbons (Fsp3) is 0.714. The normalized spacial score (nSPS) is 10.6. The number of unbranched alkanes of at least 4 members (excludes halogenated alkanes) is 6. The summed E-state index contributed by atoms with van der Waals surface area (Å²) in [6, 6.07) is 0. The lowest BCUT2D eigenvalue weighted by molar-refractivity contribution is -0.139. The molecule has 0 atom stereocenters. The van der Waals surface area contributed by atoms with Gasteiger partial charge in [-0.1, -0.05) is 58.6 Å². The van der Waals surface area contributed by atoms with E-state index in [-0.39, 0.29) is 11.9 Å². The van der Waals surface area contributed by atoms with Crippen molar-refractivity contribution < 1.29 is 19.1 Å². The van der Waals surface area contributed by atoms with E-state index in [2.05, 4.69) is 20.1 Å². The van der Waals surface area contributed by atoms with E-state index < -0.39 is 0 Å². The van der Waals surface area contributed by atoms with Crippen LogP contribution in [0.2, 0.25) is 0 Å². The highest BCUT2D eigenvalue weighted by Crippen LogP contribution is 2.10. The second-order valence-electron chi connectivity index (χ2n) is 6.48. The van der Waals surface area contributed by atoms with Crippen molar-refractivity contribution in [3.63, 3.8) is 0 Å². The zero-order valence-corrected chi connectivity index (χ0v) is 17.0. The molecule has 0 aromatic heterocycles. The molecule has 0 aliphatic heterocycles. The van der Waals surface area contributed by atoms with E-state index in [1.165, 1.54) is 32.1 Å². The second-order valence-corrected chi connectivity index (χ2v) is 6.48. The van der Waals surface area contributed by atoms with Gasteiger partial charge >= 0.3 is 11.9 Å². The maximum absolute atomic E-state index is 11.8. The summed E-state index contributed by atoms with van der Waals surface area (Å²) in [4.78, 5) is 25.6. The minimum atomic E-state index is -0.390. The molecule has 0 fully saturated rings. The predicted octanol–water partition coefficient (Wildman–Crippen LogP) is 4.28. The predicted molar refractivity (Wildman–Crippen MR) is 106 cm³/mol. The van der Waals surface area contributed by atoms with Gasteiger partial charge in [0.2, 0.25) is 0 Å². The average Bonchev–Trinajstić information content (AvgIpc) is 2.61. The zero-order chi connectivity index (χ0) is 19.8. The molecule has 0 heterocycles. The summed E-state index contributed by atoms with van der Waals surface area (Å²) in [5, 5.41) is 0. The molecule has 0 rings (SSSR count). The SMILES string of the molecule is C=C(CN(CCCCCCCCC)CC(=C)C(=O)OCC)C(=O)OCC. The Labute approximate surface area is 159 Å². The molecule has 0 saturated carbocycles. The van der Waals surface area contributed by atoms with Gasteiger partial charge in [0.15, 0.2) is 0 Å². The van der Waals surface area contributed by atoms with Crippen molar-refractivity contribution >= 4 is 11.9 Å². The number of nitrogens with zero attached hydrogens (tertiary/aromatic N) is 1. The van der Waals surface area contributed by atoms with Crippen molar-refractivity contribution in [2.45, 2.75) is 65.7 Å². The highest BCUT2D eigenvalue weighted by Gasteiger charge is 2.17. The lowest BCUT2D eigenvalue weighted by atomic mass is 10.1. The third kappa shape index (κ3) is 11.9. The summed E-state index contributed by atoms with van der Waals surface area (Å²) in [7, 11) is 0. The molecule has 0 aliphatic rings. The Morgan fingerprint density at radius 1 is 0.731 bits per heavy atom. The number of ether oxygens (including phenoxy) is 2. The summed E-state index contributed by atoms with van der Waals surface area (Å²) in [5.41, 5.74) is 0.790. The molecule has 0 amide bonds. The number of carbonyl (C=O) groups excluding carboxylic acids is 2. The molecule has 0 aromatic rings. The number of hydrogen-bond acceptors (Lipinski definition) is 5. The van der Waals surface area contributed by atoms with Crippen LogP contribution in [0.4, 0.5) is 0 Å². The number of carbonyl (C=O) groups is 2. The fourth-order valence-electron chi connectivity index (χ4n) is 2.64. The molecule has 0 aliphatic carbocycles. The Hall–Kier alpha value is -1.62. The van der Waals surface area contributed by atoms with E-state index in [0.717, 1.165) is 19.4 Å². The third-order valence-corrected chi connectivity index (χ3v) is 4.04. The maximum atomic E-state index is 11.8. The number of hydrogen-bond donors (Lipinski definition) is 0. The first-order valence-corrected chi connectivity index (χ1v) is 9.88. The van der Waals surface area contributed by atoms with E-state index in [9.17, 15) is 9.59 Å². The summed E-state index contributed by atoms with van der Waals surface area (Å²) in [6.45, 7) is 15.6. The molecule has 0 spiro atoms. The van der Waals surface area contributed by atoms with E-state index in [1.807, 2.05) is 4.90 Å². The van der Waals surface area contributed by atoms with Crippen LogP contribution < -0.4 is 0 Å². The Kier molecular flexibility index (Phi) is 14.6. The Morgan fingerprint density at radius 2 is 1.15 bits per heavy atom. The van der Waals surface area contributed by atoms with Crippen LogP contribution in [0.25, 0.3) is 0 Å². The first-order valence-electron chi connectivity index (χ1n) is 9.88. The molecule has 150 valence electrons. The van der Waals surface area contributed by atoms with Crippen molar-refractivity contribution in [3.8, 4) is 0 Å². The molecule has 5 heteroatoms. The van der Waals surface area contributed by atoms with Crippen LogP contribution in [0, 0.1) is 0 Å². The smallest absolute Gasteiger partial charge is 0.334 e. The van der Waals surface area contributed by atoms with Gasteiger partial charge in [-0.2, -0.15) is 0 Å². The third-order valence-electron chi connectivity index (χ3n) is 4.04.